The Labute approximate surface area is 208 Å². The molecule has 2 aromatic carbocycles. The molecule has 2 fully saturated rings. The van der Waals surface area contributed by atoms with Gasteiger partial charge < -0.3 is 19.1 Å². The zero-order valence-electron chi connectivity index (χ0n) is 20.9. The van der Waals surface area contributed by atoms with Crippen LogP contribution >= 0.6 is 0 Å². The molecule has 2 atom stereocenters. The fourth-order valence-corrected chi connectivity index (χ4v) is 5.27. The van der Waals surface area contributed by atoms with Gasteiger partial charge in [-0.1, -0.05) is 61.0 Å². The van der Waals surface area contributed by atoms with E-state index in [1.165, 1.54) is 22.3 Å². The van der Waals surface area contributed by atoms with Crippen molar-refractivity contribution in [2.45, 2.75) is 45.1 Å². The average Bonchev–Trinajstić information content (AvgIpc) is 3.38. The van der Waals surface area contributed by atoms with Crippen LogP contribution in [0.15, 0.2) is 61.1 Å². The van der Waals surface area contributed by atoms with Crippen LogP contribution < -0.4 is 0 Å². The lowest BCUT2D eigenvalue weighted by molar-refractivity contribution is 0.0398. The van der Waals surface area contributed by atoms with Crippen LogP contribution in [0.4, 0.5) is 4.79 Å². The van der Waals surface area contributed by atoms with Crippen LogP contribution in [0, 0.1) is 6.92 Å². The Kier molecular flexibility index (Phi) is 7.19. The third-order valence-corrected chi connectivity index (χ3v) is 7.42. The van der Waals surface area contributed by atoms with Gasteiger partial charge in [0, 0.05) is 50.8 Å². The van der Waals surface area contributed by atoms with Gasteiger partial charge in [-0.2, -0.15) is 0 Å². The number of carbonyl (C=O) groups excluding carboxylic acids is 1. The van der Waals surface area contributed by atoms with Crippen molar-refractivity contribution in [3.05, 3.63) is 89.0 Å². The third-order valence-electron chi connectivity index (χ3n) is 7.42. The first kappa shape index (κ1) is 23.6. The van der Waals surface area contributed by atoms with Crippen molar-refractivity contribution in [3.8, 4) is 0 Å². The molecule has 6 nitrogen and oxygen atoms in total. The van der Waals surface area contributed by atoms with Crippen LogP contribution in [-0.4, -0.2) is 64.8 Å². The van der Waals surface area contributed by atoms with E-state index in [0.717, 1.165) is 31.6 Å². The highest BCUT2D eigenvalue weighted by Crippen LogP contribution is 2.36. The number of morpholine rings is 1. The van der Waals surface area contributed by atoms with Crippen molar-refractivity contribution in [1.29, 1.82) is 0 Å². The summed E-state index contributed by atoms with van der Waals surface area (Å²) in [6.45, 7) is 9.13. The zero-order chi connectivity index (χ0) is 24.2. The zero-order valence-corrected chi connectivity index (χ0v) is 20.9. The smallest absolute Gasteiger partial charge is 0.320 e. The summed E-state index contributed by atoms with van der Waals surface area (Å²) in [6.07, 6.45) is 6.14. The molecule has 2 aliphatic heterocycles. The van der Waals surface area contributed by atoms with Gasteiger partial charge >= 0.3 is 6.03 Å². The molecule has 0 saturated carbocycles. The molecule has 2 amide bonds. The van der Waals surface area contributed by atoms with Crippen LogP contribution in [0.5, 0.6) is 0 Å². The number of hydrogen-bond donors (Lipinski definition) is 0. The van der Waals surface area contributed by atoms with Crippen LogP contribution in [0.2, 0.25) is 0 Å². The molecule has 2 aliphatic rings. The third kappa shape index (κ3) is 5.59. The molecule has 2 unspecified atom stereocenters. The van der Waals surface area contributed by atoms with Gasteiger partial charge in [0.1, 0.15) is 0 Å². The number of aromatic nitrogens is 2. The second kappa shape index (κ2) is 10.6. The molecule has 0 radical (unpaired) electrons. The van der Waals surface area contributed by atoms with Crippen molar-refractivity contribution >= 4 is 6.03 Å². The highest BCUT2D eigenvalue weighted by Gasteiger charge is 2.35. The summed E-state index contributed by atoms with van der Waals surface area (Å²) in [4.78, 5) is 22.3. The summed E-state index contributed by atoms with van der Waals surface area (Å²) in [7, 11) is 0. The Morgan fingerprint density at radius 3 is 2.34 bits per heavy atom. The average molecular weight is 473 g/mol. The number of nitrogens with zero attached hydrogens (tertiary/aromatic N) is 4. The Balaban J connectivity index is 1.36. The van der Waals surface area contributed by atoms with Crippen LogP contribution in [0.25, 0.3) is 0 Å². The van der Waals surface area contributed by atoms with E-state index in [0.29, 0.717) is 38.8 Å². The number of ether oxygens (including phenoxy) is 1. The summed E-state index contributed by atoms with van der Waals surface area (Å²) in [5.41, 5.74) is 6.27. The first-order chi connectivity index (χ1) is 17.1. The molecule has 6 heteroatoms. The van der Waals surface area contributed by atoms with Crippen LogP contribution in [0.1, 0.15) is 53.1 Å². The minimum absolute atomic E-state index is 0.132. The lowest BCUT2D eigenvalue weighted by atomic mass is 9.83. The molecule has 0 aliphatic carbocycles. The van der Waals surface area contributed by atoms with E-state index >= 15 is 0 Å². The van der Waals surface area contributed by atoms with Crippen LogP contribution in [-0.2, 0) is 17.7 Å². The van der Waals surface area contributed by atoms with Crippen molar-refractivity contribution in [2.24, 2.45) is 0 Å². The van der Waals surface area contributed by atoms with Gasteiger partial charge in [0.25, 0.3) is 0 Å². The number of benzene rings is 2. The molecular weight excluding hydrogens is 436 g/mol. The van der Waals surface area contributed by atoms with E-state index in [4.69, 9.17) is 9.72 Å². The Morgan fingerprint density at radius 2 is 1.63 bits per heavy atom. The highest BCUT2D eigenvalue weighted by atomic mass is 16.5. The Bertz CT molecular complexity index is 1120. The van der Waals surface area contributed by atoms with Gasteiger partial charge in [0.05, 0.1) is 25.2 Å². The first-order valence-electron chi connectivity index (χ1n) is 12.9. The topological polar surface area (TPSA) is 50.6 Å². The Morgan fingerprint density at radius 1 is 0.943 bits per heavy atom. The van der Waals surface area contributed by atoms with E-state index in [2.05, 4.69) is 78.0 Å². The standard InChI is InChI=1S/C29H36N4O2/c1-3-23-8-10-25(11-9-23)26-16-27(19-33(18-26)29(34)32-12-14-35-15-13-32)28-20-31(21-30-28)17-24-6-4-22(2)5-7-24/h4-11,20-21,26-27H,3,12-19H2,1-2H3. The fraction of sp³-hybridized carbons (Fsp3) is 0.448. The predicted molar refractivity (Wildman–Crippen MR) is 138 cm³/mol. The quantitative estimate of drug-likeness (QED) is 0.535. The maximum Gasteiger partial charge on any atom is 0.320 e. The van der Waals surface area contributed by atoms with E-state index in [-0.39, 0.29) is 11.9 Å². The number of aryl methyl sites for hydroxylation is 2. The van der Waals surface area contributed by atoms with Crippen LogP contribution in [0.3, 0.4) is 0 Å². The minimum Gasteiger partial charge on any atom is -0.378 e. The number of carbonyl (C=O) groups is 1. The normalized spacial score (nSPS) is 20.7. The summed E-state index contributed by atoms with van der Waals surface area (Å²) >= 11 is 0. The number of hydrogen-bond acceptors (Lipinski definition) is 3. The molecule has 35 heavy (non-hydrogen) atoms. The van der Waals surface area contributed by atoms with Crippen molar-refractivity contribution in [2.75, 3.05) is 39.4 Å². The largest absolute Gasteiger partial charge is 0.378 e. The first-order valence-corrected chi connectivity index (χ1v) is 12.9. The second-order valence-corrected chi connectivity index (χ2v) is 9.97. The molecule has 1 aromatic heterocycles. The van der Waals surface area contributed by atoms with Crippen molar-refractivity contribution in [3.63, 3.8) is 0 Å². The fourth-order valence-electron chi connectivity index (χ4n) is 5.27. The van der Waals surface area contributed by atoms with Crippen molar-refractivity contribution < 1.29 is 9.53 Å². The van der Waals surface area contributed by atoms with Gasteiger partial charge in [0.2, 0.25) is 0 Å². The summed E-state index contributed by atoms with van der Waals surface area (Å²) in [6, 6.07) is 17.7. The molecule has 5 rings (SSSR count). The van der Waals surface area contributed by atoms with E-state index in [1.54, 1.807) is 0 Å². The molecule has 3 aromatic rings. The van der Waals surface area contributed by atoms with Crippen molar-refractivity contribution in [1.82, 2.24) is 19.4 Å². The predicted octanol–water partition coefficient (Wildman–Crippen LogP) is 4.83. The van der Waals surface area contributed by atoms with E-state index in [1.807, 2.05) is 11.2 Å². The molecule has 0 N–H and O–H groups in total. The molecule has 3 heterocycles. The van der Waals surface area contributed by atoms with Gasteiger partial charge in [0.15, 0.2) is 0 Å². The van der Waals surface area contributed by atoms with Gasteiger partial charge in [-0.05, 0) is 36.5 Å². The summed E-state index contributed by atoms with van der Waals surface area (Å²) < 4.78 is 7.63. The number of amides is 2. The van der Waals surface area contributed by atoms with Gasteiger partial charge in [-0.15, -0.1) is 0 Å². The summed E-state index contributed by atoms with van der Waals surface area (Å²) in [5.74, 6) is 0.510. The number of piperidine rings is 1. The molecule has 184 valence electrons. The lowest BCUT2D eigenvalue weighted by Gasteiger charge is -2.40. The monoisotopic (exact) mass is 472 g/mol. The van der Waals surface area contributed by atoms with E-state index in [9.17, 15) is 4.79 Å². The maximum atomic E-state index is 13.5. The molecule has 0 bridgehead atoms. The molecule has 2 saturated heterocycles. The summed E-state index contributed by atoms with van der Waals surface area (Å²) in [5, 5.41) is 0. The molecular formula is C29H36N4O2. The minimum atomic E-state index is 0.132. The maximum absolute atomic E-state index is 13.5. The van der Waals surface area contributed by atoms with Gasteiger partial charge in [-0.3, -0.25) is 0 Å². The Hall–Kier alpha value is -3.12. The number of likely N-dealkylation sites (tertiary alicyclic amines) is 1. The number of imidazole rings is 1. The second-order valence-electron chi connectivity index (χ2n) is 9.97. The van der Waals surface area contributed by atoms with E-state index < -0.39 is 0 Å². The molecule has 0 spiro atoms. The van der Waals surface area contributed by atoms with Gasteiger partial charge in [-0.25, -0.2) is 9.78 Å². The SMILES string of the molecule is CCc1ccc(C2CC(c3cn(Cc4ccc(C)cc4)cn3)CN(C(=O)N3CCOCC3)C2)cc1. The lowest BCUT2D eigenvalue weighted by Crippen LogP contribution is -2.52. The highest BCUT2D eigenvalue weighted by molar-refractivity contribution is 5.75. The number of rotatable bonds is 5. The number of urea groups is 1.